The van der Waals surface area contributed by atoms with Crippen LogP contribution in [0.2, 0.25) is 0 Å². The van der Waals surface area contributed by atoms with Gasteiger partial charge in [0.2, 0.25) is 11.8 Å². The van der Waals surface area contributed by atoms with E-state index in [9.17, 15) is 14.4 Å². The van der Waals surface area contributed by atoms with Crippen LogP contribution >= 0.6 is 0 Å². The average molecular weight is 469 g/mol. The van der Waals surface area contributed by atoms with Gasteiger partial charge in [0.1, 0.15) is 6.04 Å². The number of nitrogens with one attached hydrogen (secondary N) is 1. The molecule has 0 aliphatic carbocycles. The zero-order chi connectivity index (χ0) is 23.7. The first-order valence-electron chi connectivity index (χ1n) is 12.7. The van der Waals surface area contributed by atoms with E-state index in [1.54, 1.807) is 4.90 Å². The van der Waals surface area contributed by atoms with Crippen LogP contribution in [0.25, 0.3) is 0 Å². The third-order valence-electron chi connectivity index (χ3n) is 7.91. The normalized spacial score (nSPS) is 25.1. The van der Waals surface area contributed by atoms with E-state index in [1.165, 1.54) is 32.5 Å². The number of piperidine rings is 2. The minimum atomic E-state index is -0.563. The Morgan fingerprint density at radius 1 is 0.941 bits per heavy atom. The second kappa shape index (κ2) is 10.0. The first-order valence-corrected chi connectivity index (χ1v) is 12.7. The van der Waals surface area contributed by atoms with Gasteiger partial charge in [-0.05, 0) is 62.0 Å². The Labute approximate surface area is 201 Å². The lowest BCUT2D eigenvalue weighted by atomic mass is 9.96. The highest BCUT2D eigenvalue weighted by Gasteiger charge is 2.39. The van der Waals surface area contributed by atoms with E-state index in [-0.39, 0.29) is 24.1 Å². The fourth-order valence-electron chi connectivity index (χ4n) is 5.89. The summed E-state index contributed by atoms with van der Waals surface area (Å²) in [5, 5.41) is 2.37. The largest absolute Gasteiger partial charge is 0.369 e. The van der Waals surface area contributed by atoms with Gasteiger partial charge in [0.25, 0.3) is 5.91 Å². The Kier molecular flexibility index (Phi) is 6.85. The summed E-state index contributed by atoms with van der Waals surface area (Å²) in [4.78, 5) is 45.8. The van der Waals surface area contributed by atoms with Crippen LogP contribution in [0.3, 0.4) is 0 Å². The van der Waals surface area contributed by atoms with E-state index in [0.29, 0.717) is 18.5 Å². The maximum atomic E-state index is 12.9. The van der Waals surface area contributed by atoms with Crippen LogP contribution in [0.1, 0.15) is 41.6 Å². The highest BCUT2D eigenvalue weighted by molar-refractivity contribution is 6.05. The highest BCUT2D eigenvalue weighted by atomic mass is 16.2. The van der Waals surface area contributed by atoms with Crippen molar-refractivity contribution in [3.63, 3.8) is 0 Å². The monoisotopic (exact) mass is 468 g/mol. The van der Waals surface area contributed by atoms with Gasteiger partial charge in [-0.25, -0.2) is 0 Å². The molecule has 4 heterocycles. The SMILES string of the molecule is NCCN1CCC(CN2CCN(c3ccc4c(c3)CN(C3CCC(=O)NC3=O)C4=O)CC2)CC1. The molecule has 3 saturated heterocycles. The summed E-state index contributed by atoms with van der Waals surface area (Å²) < 4.78 is 0. The fourth-order valence-corrected chi connectivity index (χ4v) is 5.89. The minimum absolute atomic E-state index is 0.113. The number of likely N-dealkylation sites (tertiary alicyclic amines) is 1. The molecule has 1 aromatic rings. The molecule has 1 atom stereocenters. The van der Waals surface area contributed by atoms with E-state index in [2.05, 4.69) is 26.1 Å². The molecule has 3 N–H and O–H groups in total. The standard InChI is InChI=1S/C25H36N6O3/c26-7-10-28-8-5-18(6-9-28)16-29-11-13-30(14-12-29)20-1-2-21-19(15-20)17-31(25(21)34)22-3-4-23(32)27-24(22)33/h1-2,15,18,22H,3-14,16-17,26H2,(H,27,32,33). The smallest absolute Gasteiger partial charge is 0.255 e. The molecule has 9 nitrogen and oxygen atoms in total. The van der Waals surface area contributed by atoms with E-state index in [1.807, 2.05) is 12.1 Å². The Morgan fingerprint density at radius 3 is 2.41 bits per heavy atom. The van der Waals surface area contributed by atoms with Crippen LogP contribution < -0.4 is 16.0 Å². The van der Waals surface area contributed by atoms with Crippen LogP contribution in [0, 0.1) is 5.92 Å². The Morgan fingerprint density at radius 2 is 1.71 bits per heavy atom. The molecule has 0 saturated carbocycles. The molecule has 5 rings (SSSR count). The molecule has 0 spiro atoms. The van der Waals surface area contributed by atoms with Gasteiger partial charge in [0.15, 0.2) is 0 Å². The van der Waals surface area contributed by atoms with E-state index in [4.69, 9.17) is 5.73 Å². The summed E-state index contributed by atoms with van der Waals surface area (Å²) in [5.41, 5.74) is 8.48. The van der Waals surface area contributed by atoms with Crippen molar-refractivity contribution in [2.45, 2.75) is 38.3 Å². The van der Waals surface area contributed by atoms with Crippen molar-refractivity contribution < 1.29 is 14.4 Å². The summed E-state index contributed by atoms with van der Waals surface area (Å²) in [6, 6.07) is 5.49. The molecule has 0 bridgehead atoms. The predicted octanol–water partition coefficient (Wildman–Crippen LogP) is 0.240. The van der Waals surface area contributed by atoms with E-state index < -0.39 is 6.04 Å². The number of carbonyl (C=O) groups is 3. The number of anilines is 1. The molecule has 184 valence electrons. The molecule has 1 unspecified atom stereocenters. The van der Waals surface area contributed by atoms with Gasteiger partial charge in [-0.1, -0.05) is 0 Å². The zero-order valence-corrected chi connectivity index (χ0v) is 19.9. The number of benzene rings is 1. The van der Waals surface area contributed by atoms with Gasteiger partial charge in [0.05, 0.1) is 0 Å². The summed E-state index contributed by atoms with van der Waals surface area (Å²) in [5.74, 6) is 0.0472. The van der Waals surface area contributed by atoms with Crippen LogP contribution in [0.5, 0.6) is 0 Å². The van der Waals surface area contributed by atoms with Crippen molar-refractivity contribution >= 4 is 23.4 Å². The number of amides is 3. The molecule has 9 heteroatoms. The zero-order valence-electron chi connectivity index (χ0n) is 19.9. The van der Waals surface area contributed by atoms with Crippen LogP contribution in [-0.2, 0) is 16.1 Å². The number of nitrogens with two attached hydrogens (primary N) is 1. The van der Waals surface area contributed by atoms with Gasteiger partial charge in [-0.2, -0.15) is 0 Å². The summed E-state index contributed by atoms with van der Waals surface area (Å²) >= 11 is 0. The third kappa shape index (κ3) is 4.82. The molecule has 3 amide bonds. The van der Waals surface area contributed by atoms with E-state index >= 15 is 0 Å². The molecule has 4 aliphatic heterocycles. The first kappa shape index (κ1) is 23.3. The van der Waals surface area contributed by atoms with E-state index in [0.717, 1.165) is 56.4 Å². The highest BCUT2D eigenvalue weighted by Crippen LogP contribution is 2.31. The quantitative estimate of drug-likeness (QED) is 0.577. The average Bonchev–Trinajstić information content (AvgIpc) is 3.16. The lowest BCUT2D eigenvalue weighted by molar-refractivity contribution is -0.136. The maximum Gasteiger partial charge on any atom is 0.255 e. The lowest BCUT2D eigenvalue weighted by Gasteiger charge is -2.39. The van der Waals surface area contributed by atoms with Crippen molar-refractivity contribution in [1.82, 2.24) is 20.0 Å². The van der Waals surface area contributed by atoms with Crippen LogP contribution in [0.4, 0.5) is 5.69 Å². The van der Waals surface area contributed by atoms with Crippen molar-refractivity contribution in [2.24, 2.45) is 11.7 Å². The van der Waals surface area contributed by atoms with Gasteiger partial charge in [-0.15, -0.1) is 0 Å². The second-order valence-corrected chi connectivity index (χ2v) is 10.1. The molecule has 1 aromatic carbocycles. The topological polar surface area (TPSA) is 102 Å². The number of nitrogens with zero attached hydrogens (tertiary/aromatic N) is 4. The number of imide groups is 1. The van der Waals surface area contributed by atoms with Crippen LogP contribution in [0.15, 0.2) is 18.2 Å². The number of rotatable bonds is 6. The molecule has 0 radical (unpaired) electrons. The number of piperazine rings is 1. The van der Waals surface area contributed by atoms with Gasteiger partial charge in [0, 0.05) is 70.0 Å². The number of carbonyl (C=O) groups excluding carboxylic acids is 3. The lowest BCUT2D eigenvalue weighted by Crippen LogP contribution is -2.52. The summed E-state index contributed by atoms with van der Waals surface area (Å²) in [6.07, 6.45) is 3.20. The molecule has 4 aliphatic rings. The summed E-state index contributed by atoms with van der Waals surface area (Å²) in [7, 11) is 0. The molecule has 0 aromatic heterocycles. The first-order chi connectivity index (χ1) is 16.5. The van der Waals surface area contributed by atoms with Gasteiger partial charge in [-0.3, -0.25) is 24.6 Å². The van der Waals surface area contributed by atoms with Crippen LogP contribution in [-0.4, -0.2) is 97.4 Å². The predicted molar refractivity (Wildman–Crippen MR) is 129 cm³/mol. The number of fused-ring (bicyclic) bond motifs is 1. The van der Waals surface area contributed by atoms with Crippen molar-refractivity contribution in [2.75, 3.05) is 63.8 Å². The van der Waals surface area contributed by atoms with Crippen molar-refractivity contribution in [3.8, 4) is 0 Å². The number of hydrogen-bond donors (Lipinski definition) is 2. The summed E-state index contributed by atoms with van der Waals surface area (Å²) in [6.45, 7) is 9.80. The number of hydrogen-bond acceptors (Lipinski definition) is 7. The Bertz CT molecular complexity index is 937. The maximum absolute atomic E-state index is 12.9. The van der Waals surface area contributed by atoms with Gasteiger partial charge < -0.3 is 20.4 Å². The Balaban J connectivity index is 1.14. The third-order valence-corrected chi connectivity index (χ3v) is 7.91. The fraction of sp³-hybridized carbons (Fsp3) is 0.640. The Hall–Kier alpha value is -2.49. The molecular formula is C25H36N6O3. The van der Waals surface area contributed by atoms with Crippen molar-refractivity contribution in [1.29, 1.82) is 0 Å². The molecule has 34 heavy (non-hydrogen) atoms. The van der Waals surface area contributed by atoms with Crippen molar-refractivity contribution in [3.05, 3.63) is 29.3 Å². The minimum Gasteiger partial charge on any atom is -0.369 e. The molecular weight excluding hydrogens is 432 g/mol. The molecule has 3 fully saturated rings. The van der Waals surface area contributed by atoms with Gasteiger partial charge >= 0.3 is 0 Å². The second-order valence-electron chi connectivity index (χ2n) is 10.1.